The smallest absolute Gasteiger partial charge is 0.265 e. The van der Waals surface area contributed by atoms with Crippen molar-refractivity contribution in [3.63, 3.8) is 0 Å². The van der Waals surface area contributed by atoms with Crippen LogP contribution in [0.1, 0.15) is 53.4 Å². The molecule has 0 saturated carbocycles. The van der Waals surface area contributed by atoms with Gasteiger partial charge in [0.2, 0.25) is 0 Å². The quantitative estimate of drug-likeness (QED) is 0.718. The van der Waals surface area contributed by atoms with Gasteiger partial charge in [-0.1, -0.05) is 6.08 Å². The molecule has 2 aliphatic rings. The molecule has 1 fully saturated rings. The fourth-order valence-electron chi connectivity index (χ4n) is 2.14. The predicted octanol–water partition coefficient (Wildman–Crippen LogP) is 3.73. The lowest BCUT2D eigenvalue weighted by molar-refractivity contribution is -0.207. The predicted molar refractivity (Wildman–Crippen MR) is 72.9 cm³/mol. The van der Waals surface area contributed by atoms with Gasteiger partial charge in [0, 0.05) is 0 Å². The molecule has 18 heavy (non-hydrogen) atoms. The van der Waals surface area contributed by atoms with Gasteiger partial charge in [-0.25, -0.2) is 0 Å². The van der Waals surface area contributed by atoms with Crippen LogP contribution in [0.5, 0.6) is 0 Å². The lowest BCUT2D eigenvalue weighted by atomic mass is 9.90. The molecule has 0 radical (unpaired) electrons. The number of rotatable bonds is 2. The van der Waals surface area contributed by atoms with Crippen molar-refractivity contribution in [1.82, 2.24) is 0 Å². The van der Waals surface area contributed by atoms with E-state index in [1.54, 1.807) is 5.82 Å². The average molecular weight is 270 g/mol. The van der Waals surface area contributed by atoms with Crippen LogP contribution in [0.4, 0.5) is 0 Å². The number of allylic oxidation sites excluding steroid dienone is 3. The van der Waals surface area contributed by atoms with Crippen molar-refractivity contribution in [3.8, 4) is 0 Å². The molecule has 1 aliphatic carbocycles. The Kier molecular flexibility index (Phi) is 3.72. The molecule has 0 amide bonds. The van der Waals surface area contributed by atoms with Crippen LogP contribution < -0.4 is 4.89 Å². The van der Waals surface area contributed by atoms with Gasteiger partial charge in [0.25, 0.3) is 7.94 Å². The summed E-state index contributed by atoms with van der Waals surface area (Å²) in [5.74, 6) is 1.63. The Balaban J connectivity index is 2.10. The van der Waals surface area contributed by atoms with E-state index in [1.165, 1.54) is 18.4 Å². The van der Waals surface area contributed by atoms with Crippen molar-refractivity contribution >= 4 is 7.94 Å². The van der Waals surface area contributed by atoms with E-state index in [-0.39, 0.29) is 0 Å². The first kappa shape index (κ1) is 14.2. The molecule has 1 saturated heterocycles. The van der Waals surface area contributed by atoms with E-state index in [4.69, 9.17) is 9.05 Å². The Morgan fingerprint density at radius 3 is 2.28 bits per heavy atom. The van der Waals surface area contributed by atoms with Crippen LogP contribution in [0.25, 0.3) is 0 Å². The Labute approximate surface area is 110 Å². The molecule has 0 aromatic rings. The summed E-state index contributed by atoms with van der Waals surface area (Å²) in [6.07, 6.45) is 8.75. The van der Waals surface area contributed by atoms with E-state index in [0.29, 0.717) is 0 Å². The highest BCUT2D eigenvalue weighted by atomic mass is 31.2. The summed E-state index contributed by atoms with van der Waals surface area (Å²) in [5.41, 5.74) is 0.174. The highest BCUT2D eigenvalue weighted by Crippen LogP contribution is 2.67. The first-order valence-corrected chi connectivity index (χ1v) is 8.25. The third-order valence-electron chi connectivity index (χ3n) is 3.96. The van der Waals surface area contributed by atoms with Gasteiger partial charge >= 0.3 is 0 Å². The number of hydrogen-bond acceptors (Lipinski definition) is 3. The van der Waals surface area contributed by atoms with Gasteiger partial charge in [0.15, 0.2) is 0 Å². The number of hydrogen-bond donors (Lipinski definition) is 0. The molecule has 0 bridgehead atoms. The lowest BCUT2D eigenvalue weighted by Crippen LogP contribution is -2.41. The third kappa shape index (κ3) is 2.85. The molecular formula is C14H23O3P. The van der Waals surface area contributed by atoms with Crippen LogP contribution in [-0.4, -0.2) is 11.2 Å². The van der Waals surface area contributed by atoms with Crippen molar-refractivity contribution in [3.05, 3.63) is 23.5 Å². The van der Waals surface area contributed by atoms with Gasteiger partial charge in [0.1, 0.15) is 17.0 Å². The molecule has 0 aromatic heterocycles. The van der Waals surface area contributed by atoms with Crippen molar-refractivity contribution in [2.75, 3.05) is 0 Å². The monoisotopic (exact) mass is 270 g/mol. The Morgan fingerprint density at radius 2 is 1.78 bits per heavy atom. The fourth-order valence-corrected chi connectivity index (χ4v) is 4.38. The van der Waals surface area contributed by atoms with Crippen molar-refractivity contribution < 1.29 is 13.9 Å². The normalized spacial score (nSPS) is 29.5. The zero-order chi connectivity index (χ0) is 13.4. The summed E-state index contributed by atoms with van der Waals surface area (Å²) >= 11 is 0. The highest BCUT2D eigenvalue weighted by molar-refractivity contribution is 7.62. The Bertz CT molecular complexity index is 367. The second-order valence-corrected chi connectivity index (χ2v) is 7.83. The molecule has 0 aromatic carbocycles. The van der Waals surface area contributed by atoms with E-state index in [1.807, 2.05) is 33.8 Å². The standard InChI is InChI=1S/C14H23O3P/c1-13(2)14(3,4)17-18(15,16-13)11-10-12-8-6-5-7-9-12/h8,10-11H,5-7,9H2,1-4H3/b11-10+. The maximum Gasteiger partial charge on any atom is 0.265 e. The first-order valence-electron chi connectivity index (χ1n) is 6.64. The Morgan fingerprint density at radius 1 is 1.17 bits per heavy atom. The van der Waals surface area contributed by atoms with Crippen molar-refractivity contribution in [1.29, 1.82) is 0 Å². The minimum atomic E-state index is -3.10. The van der Waals surface area contributed by atoms with Crippen LogP contribution in [0, 0.1) is 0 Å². The molecule has 0 atom stereocenters. The summed E-state index contributed by atoms with van der Waals surface area (Å²) in [5, 5.41) is 0. The van der Waals surface area contributed by atoms with Gasteiger partial charge in [-0.3, -0.25) is 0 Å². The van der Waals surface area contributed by atoms with Crippen molar-refractivity contribution in [2.45, 2.75) is 64.6 Å². The molecule has 0 spiro atoms. The second kappa shape index (κ2) is 4.72. The molecule has 3 nitrogen and oxygen atoms in total. The summed E-state index contributed by atoms with van der Waals surface area (Å²) in [4.78, 5) is 12.5. The Hall–Kier alpha value is -0.210. The largest absolute Gasteiger partial charge is 0.627 e. The molecule has 1 heterocycles. The van der Waals surface area contributed by atoms with Gasteiger partial charge in [0.05, 0.1) is 0 Å². The van der Waals surface area contributed by atoms with E-state index in [9.17, 15) is 4.89 Å². The third-order valence-corrected chi connectivity index (χ3v) is 5.89. The zero-order valence-corrected chi connectivity index (χ0v) is 12.6. The first-order chi connectivity index (χ1) is 8.24. The van der Waals surface area contributed by atoms with E-state index < -0.39 is 19.1 Å². The summed E-state index contributed by atoms with van der Waals surface area (Å²) in [6.45, 7) is 7.67. The van der Waals surface area contributed by atoms with E-state index >= 15 is 0 Å². The minimum absolute atomic E-state index is 0.534. The zero-order valence-electron chi connectivity index (χ0n) is 11.7. The average Bonchev–Trinajstić information content (AvgIpc) is 2.42. The second-order valence-electron chi connectivity index (χ2n) is 6.08. The van der Waals surface area contributed by atoms with Crippen LogP contribution >= 0.6 is 7.94 Å². The maximum absolute atomic E-state index is 12.5. The minimum Gasteiger partial charge on any atom is -0.627 e. The summed E-state index contributed by atoms with van der Waals surface area (Å²) in [6, 6.07) is 0. The molecule has 0 unspecified atom stereocenters. The van der Waals surface area contributed by atoms with Crippen LogP contribution in [-0.2, 0) is 9.05 Å². The molecule has 1 aliphatic heterocycles. The SMILES string of the molecule is CC1(C)O[P+]([O-])(/C=C/C2=CCCCC2)OC1(C)C. The van der Waals surface area contributed by atoms with Crippen LogP contribution in [0.3, 0.4) is 0 Å². The molecule has 4 heteroatoms. The topological polar surface area (TPSA) is 41.5 Å². The van der Waals surface area contributed by atoms with E-state index in [0.717, 1.165) is 12.8 Å². The van der Waals surface area contributed by atoms with Crippen molar-refractivity contribution in [2.24, 2.45) is 0 Å². The molecule has 0 N–H and O–H groups in total. The fraction of sp³-hybridized carbons (Fsp3) is 0.714. The molecule has 102 valence electrons. The summed E-state index contributed by atoms with van der Waals surface area (Å²) in [7, 11) is -3.10. The van der Waals surface area contributed by atoms with Gasteiger partial charge < -0.3 is 4.89 Å². The van der Waals surface area contributed by atoms with Gasteiger partial charge in [-0.2, -0.15) is 9.05 Å². The summed E-state index contributed by atoms with van der Waals surface area (Å²) < 4.78 is 11.3. The maximum atomic E-state index is 12.5. The van der Waals surface area contributed by atoms with Crippen LogP contribution in [0.2, 0.25) is 0 Å². The van der Waals surface area contributed by atoms with E-state index in [2.05, 4.69) is 6.08 Å². The van der Waals surface area contributed by atoms with Gasteiger partial charge in [-0.05, 0) is 65.0 Å². The van der Waals surface area contributed by atoms with Crippen LogP contribution in [0.15, 0.2) is 23.5 Å². The molecular weight excluding hydrogens is 247 g/mol. The lowest BCUT2D eigenvalue weighted by Gasteiger charge is -2.25. The molecule has 2 rings (SSSR count). The highest BCUT2D eigenvalue weighted by Gasteiger charge is 2.59. The van der Waals surface area contributed by atoms with Gasteiger partial charge in [-0.15, -0.1) is 0 Å².